The van der Waals surface area contributed by atoms with Crippen LogP contribution in [0.15, 0.2) is 66.9 Å². The van der Waals surface area contributed by atoms with E-state index < -0.39 is 11.7 Å². The van der Waals surface area contributed by atoms with Gasteiger partial charge in [0.25, 0.3) is 5.91 Å². The van der Waals surface area contributed by atoms with E-state index in [1.54, 1.807) is 36.5 Å². The van der Waals surface area contributed by atoms with Gasteiger partial charge in [-0.2, -0.15) is 13.2 Å². The smallest absolute Gasteiger partial charge is 0.416 e. The van der Waals surface area contributed by atoms with E-state index in [4.69, 9.17) is 4.74 Å². The molecule has 2 aromatic carbocycles. The molecular formula is C22H13F3N2O2. The van der Waals surface area contributed by atoms with Gasteiger partial charge in [0.15, 0.2) is 0 Å². The molecule has 1 aliphatic heterocycles. The van der Waals surface area contributed by atoms with Gasteiger partial charge in [0.2, 0.25) is 0 Å². The first-order valence-electron chi connectivity index (χ1n) is 8.87. The van der Waals surface area contributed by atoms with Gasteiger partial charge >= 0.3 is 6.18 Å². The highest BCUT2D eigenvalue weighted by Gasteiger charge is 2.33. The number of rotatable bonds is 3. The maximum absolute atomic E-state index is 13.0. The molecule has 0 fully saturated rings. The molecule has 5 rings (SSSR count). The van der Waals surface area contributed by atoms with Crippen LogP contribution in [0.5, 0.6) is 5.75 Å². The number of fused-ring (bicyclic) bond motifs is 4. The van der Waals surface area contributed by atoms with Crippen LogP contribution in [0.4, 0.5) is 13.2 Å². The second kappa shape index (κ2) is 6.20. The Labute approximate surface area is 163 Å². The summed E-state index contributed by atoms with van der Waals surface area (Å²) in [5.74, 6) is 0.0639. The second-order valence-electron chi connectivity index (χ2n) is 6.74. The van der Waals surface area contributed by atoms with E-state index in [0.29, 0.717) is 39.2 Å². The van der Waals surface area contributed by atoms with E-state index in [-0.39, 0.29) is 12.5 Å². The molecular weight excluding hydrogens is 381 g/mol. The van der Waals surface area contributed by atoms with Crippen molar-refractivity contribution in [3.63, 3.8) is 0 Å². The molecule has 2 aromatic heterocycles. The summed E-state index contributed by atoms with van der Waals surface area (Å²) in [6, 6.07) is 15.7. The summed E-state index contributed by atoms with van der Waals surface area (Å²) in [4.78, 5) is 17.5. The van der Waals surface area contributed by atoms with Gasteiger partial charge in [-0.05, 0) is 42.0 Å². The number of carbonyl (C=O) groups excluding carboxylic acids is 1. The van der Waals surface area contributed by atoms with Crippen molar-refractivity contribution in [1.82, 2.24) is 9.55 Å². The largest absolute Gasteiger partial charge is 0.487 e. The van der Waals surface area contributed by atoms with Crippen LogP contribution in [-0.4, -0.2) is 15.5 Å². The third-order valence-electron chi connectivity index (χ3n) is 4.91. The van der Waals surface area contributed by atoms with Crippen LogP contribution in [0.3, 0.4) is 0 Å². The monoisotopic (exact) mass is 394 g/mol. The number of carbonyl (C=O) groups is 1. The highest BCUT2D eigenvalue weighted by molar-refractivity contribution is 6.13. The number of hydrogen-bond acceptors (Lipinski definition) is 3. The van der Waals surface area contributed by atoms with Gasteiger partial charge in [-0.15, -0.1) is 0 Å². The van der Waals surface area contributed by atoms with E-state index in [0.717, 1.165) is 12.1 Å². The number of aromatic nitrogens is 2. The number of hydrogen-bond donors (Lipinski definition) is 0. The summed E-state index contributed by atoms with van der Waals surface area (Å²) in [5.41, 5.74) is 1.77. The van der Waals surface area contributed by atoms with Crippen molar-refractivity contribution < 1.29 is 22.7 Å². The Kier molecular flexibility index (Phi) is 3.74. The maximum Gasteiger partial charge on any atom is 0.416 e. The lowest BCUT2D eigenvalue weighted by Gasteiger charge is -2.14. The lowest BCUT2D eigenvalue weighted by atomic mass is 10.1. The number of ether oxygens (including phenoxy) is 1. The fraction of sp³-hybridized carbons (Fsp3) is 0.0909. The quantitative estimate of drug-likeness (QED) is 0.417. The zero-order chi connectivity index (χ0) is 20.2. The zero-order valence-corrected chi connectivity index (χ0v) is 14.9. The van der Waals surface area contributed by atoms with E-state index in [2.05, 4.69) is 4.98 Å². The average Bonchev–Trinajstić information content (AvgIpc) is 3.28. The van der Waals surface area contributed by atoms with Crippen LogP contribution < -0.4 is 4.74 Å². The number of benzene rings is 2. The number of nitrogens with zero attached hydrogens (tertiary/aromatic N) is 2. The first kappa shape index (κ1) is 17.5. The highest BCUT2D eigenvalue weighted by atomic mass is 19.4. The number of pyridine rings is 1. The lowest BCUT2D eigenvalue weighted by molar-refractivity contribution is -0.137. The van der Waals surface area contributed by atoms with Crippen molar-refractivity contribution in [3.05, 3.63) is 83.6 Å². The van der Waals surface area contributed by atoms with Crippen molar-refractivity contribution in [2.45, 2.75) is 12.8 Å². The molecule has 4 aromatic rings. The summed E-state index contributed by atoms with van der Waals surface area (Å²) >= 11 is 0. The molecule has 0 spiro atoms. The first-order valence-corrected chi connectivity index (χ1v) is 8.87. The lowest BCUT2D eigenvalue weighted by Crippen LogP contribution is -2.09. The van der Waals surface area contributed by atoms with Crippen LogP contribution in [0.1, 0.15) is 21.5 Å². The molecule has 0 N–H and O–H groups in total. The minimum absolute atomic E-state index is 0.105. The normalized spacial score (nSPS) is 12.9. The number of alkyl halides is 3. The maximum atomic E-state index is 13.0. The number of halogens is 3. The Morgan fingerprint density at radius 1 is 1.00 bits per heavy atom. The highest BCUT2D eigenvalue weighted by Crippen LogP contribution is 2.41. The minimum Gasteiger partial charge on any atom is -0.487 e. The summed E-state index contributed by atoms with van der Waals surface area (Å²) in [6.07, 6.45) is -2.78. The van der Waals surface area contributed by atoms with Crippen LogP contribution in [0.25, 0.3) is 22.3 Å². The molecule has 0 saturated heterocycles. The van der Waals surface area contributed by atoms with Crippen molar-refractivity contribution in [1.29, 1.82) is 0 Å². The predicted octanol–water partition coefficient (Wildman–Crippen LogP) is 5.30. The van der Waals surface area contributed by atoms with Gasteiger partial charge < -0.3 is 4.74 Å². The summed E-state index contributed by atoms with van der Waals surface area (Å²) in [5, 5.41) is 0.636. The Hall–Kier alpha value is -3.61. The molecule has 144 valence electrons. The second-order valence-corrected chi connectivity index (χ2v) is 6.74. The Morgan fingerprint density at radius 3 is 2.66 bits per heavy atom. The van der Waals surface area contributed by atoms with Gasteiger partial charge in [0.05, 0.1) is 16.8 Å². The molecule has 0 unspecified atom stereocenters. The van der Waals surface area contributed by atoms with E-state index >= 15 is 0 Å². The molecule has 0 amide bonds. The molecule has 0 atom stereocenters. The fourth-order valence-corrected chi connectivity index (χ4v) is 3.58. The van der Waals surface area contributed by atoms with E-state index in [9.17, 15) is 18.0 Å². The predicted molar refractivity (Wildman–Crippen MR) is 101 cm³/mol. The van der Waals surface area contributed by atoms with Crippen LogP contribution in [0, 0.1) is 0 Å². The molecule has 4 nitrogen and oxygen atoms in total. The molecule has 0 saturated carbocycles. The van der Waals surface area contributed by atoms with Crippen molar-refractivity contribution in [2.24, 2.45) is 0 Å². The van der Waals surface area contributed by atoms with Gasteiger partial charge in [-0.3, -0.25) is 9.36 Å². The molecule has 7 heteroatoms. The van der Waals surface area contributed by atoms with Crippen LogP contribution in [-0.2, 0) is 12.8 Å². The third-order valence-corrected chi connectivity index (χ3v) is 4.91. The Morgan fingerprint density at radius 2 is 1.83 bits per heavy atom. The summed E-state index contributed by atoms with van der Waals surface area (Å²) < 4.78 is 46.4. The molecule has 3 heterocycles. The third kappa shape index (κ3) is 2.77. The van der Waals surface area contributed by atoms with E-state index in [1.165, 1.54) is 10.6 Å². The molecule has 29 heavy (non-hydrogen) atoms. The van der Waals surface area contributed by atoms with Crippen LogP contribution >= 0.6 is 0 Å². The molecule has 0 radical (unpaired) electrons. The fourth-order valence-electron chi connectivity index (χ4n) is 3.58. The van der Waals surface area contributed by atoms with Gasteiger partial charge in [0, 0.05) is 11.6 Å². The van der Waals surface area contributed by atoms with Gasteiger partial charge in [-0.1, -0.05) is 24.3 Å². The van der Waals surface area contributed by atoms with Crippen LogP contribution in [0.2, 0.25) is 0 Å². The molecule has 0 bridgehead atoms. The van der Waals surface area contributed by atoms with Crippen molar-refractivity contribution in [3.8, 4) is 17.1 Å². The topological polar surface area (TPSA) is 44.1 Å². The summed E-state index contributed by atoms with van der Waals surface area (Å²) in [7, 11) is 0. The Balaban J connectivity index is 1.60. The molecule has 1 aliphatic rings. The van der Waals surface area contributed by atoms with E-state index in [1.807, 2.05) is 12.1 Å². The standard InChI is InChI=1S/C22H13F3N2O2/c23-22(24,25)14-6-3-5-13(11-14)12-29-20-15-7-1-2-8-16(15)26-19-17-9-4-10-27(17)21(28)18(19)20/h1-11H,12H2. The average molecular weight is 394 g/mol. The minimum atomic E-state index is -4.43. The van der Waals surface area contributed by atoms with Gasteiger partial charge in [0.1, 0.15) is 23.6 Å². The van der Waals surface area contributed by atoms with Crippen molar-refractivity contribution in [2.75, 3.05) is 0 Å². The zero-order valence-electron chi connectivity index (χ0n) is 14.9. The SMILES string of the molecule is O=C1c2c(nc3ccccc3c2OCc2cccc(C(F)(F)F)c2)-c2cccn21. The summed E-state index contributed by atoms with van der Waals surface area (Å²) in [6.45, 7) is -0.105. The van der Waals surface area contributed by atoms with Crippen molar-refractivity contribution >= 4 is 16.8 Å². The Bertz CT molecular complexity index is 1270. The first-order chi connectivity index (χ1) is 13.9. The van der Waals surface area contributed by atoms with Gasteiger partial charge in [-0.25, -0.2) is 4.98 Å². The number of para-hydroxylation sites is 1. The molecule has 0 aliphatic carbocycles.